The van der Waals surface area contributed by atoms with Gasteiger partial charge in [0.1, 0.15) is 5.69 Å². The molecule has 1 N–H and O–H groups in total. The molecule has 0 aliphatic heterocycles. The lowest BCUT2D eigenvalue weighted by Crippen LogP contribution is -2.27. The average Bonchev–Trinajstić information content (AvgIpc) is 2.80. The highest BCUT2D eigenvalue weighted by Crippen LogP contribution is 2.29. The zero-order valence-corrected chi connectivity index (χ0v) is 13.1. The number of hydrogen-bond donors (Lipinski definition) is 1. The first kappa shape index (κ1) is 14.7. The Morgan fingerprint density at radius 1 is 1.09 bits per heavy atom. The van der Waals surface area contributed by atoms with Crippen molar-refractivity contribution < 1.29 is 4.79 Å². The van der Waals surface area contributed by atoms with E-state index in [1.807, 2.05) is 54.1 Å². The number of nitrogens with zero attached hydrogens (tertiary/aromatic N) is 1. The molecule has 0 unspecified atom stereocenters. The van der Waals surface area contributed by atoms with E-state index >= 15 is 0 Å². The highest BCUT2D eigenvalue weighted by Gasteiger charge is 2.19. The summed E-state index contributed by atoms with van der Waals surface area (Å²) < 4.78 is 1.84. The van der Waals surface area contributed by atoms with Gasteiger partial charge >= 0.3 is 0 Å². The smallest absolute Gasteiger partial charge is 0.269 e. The minimum atomic E-state index is -0.139. The van der Waals surface area contributed by atoms with Crippen LogP contribution in [0.1, 0.15) is 16.1 Å². The first-order valence-corrected chi connectivity index (χ1v) is 7.61. The summed E-state index contributed by atoms with van der Waals surface area (Å²) in [4.78, 5) is 12.4. The minimum absolute atomic E-state index is 0.139. The van der Waals surface area contributed by atoms with Gasteiger partial charge in [-0.05, 0) is 18.1 Å². The average molecular weight is 313 g/mol. The molecule has 0 atom stereocenters. The number of para-hydroxylation sites is 1. The summed E-state index contributed by atoms with van der Waals surface area (Å²) in [5, 5.41) is 4.36. The Labute approximate surface area is 134 Å². The lowest BCUT2D eigenvalue weighted by atomic mass is 10.1. The van der Waals surface area contributed by atoms with Gasteiger partial charge in [-0.3, -0.25) is 4.79 Å². The lowest BCUT2D eigenvalue weighted by molar-refractivity contribution is 0.0946. The number of amides is 1. The van der Waals surface area contributed by atoms with Gasteiger partial charge in [0.2, 0.25) is 0 Å². The van der Waals surface area contributed by atoms with Crippen LogP contribution in [0.4, 0.5) is 0 Å². The van der Waals surface area contributed by atoms with E-state index in [9.17, 15) is 4.79 Å². The number of rotatable bonds is 4. The minimum Gasteiger partial charge on any atom is -0.350 e. The standard InChI is InChI=1S/C18H17ClN2O/c1-21-15-10-6-5-9-14(15)16(19)17(21)18(22)20-12-11-13-7-3-2-4-8-13/h2-10H,11-12H2,1H3,(H,20,22). The van der Waals surface area contributed by atoms with Crippen LogP contribution in [0.15, 0.2) is 54.6 Å². The summed E-state index contributed by atoms with van der Waals surface area (Å²) in [5.74, 6) is -0.139. The zero-order valence-electron chi connectivity index (χ0n) is 12.3. The summed E-state index contributed by atoms with van der Waals surface area (Å²) >= 11 is 6.37. The normalized spacial score (nSPS) is 10.8. The Morgan fingerprint density at radius 2 is 1.77 bits per heavy atom. The van der Waals surface area contributed by atoms with E-state index in [0.29, 0.717) is 17.3 Å². The largest absolute Gasteiger partial charge is 0.350 e. The van der Waals surface area contributed by atoms with E-state index in [4.69, 9.17) is 11.6 Å². The van der Waals surface area contributed by atoms with Crippen LogP contribution in [0.3, 0.4) is 0 Å². The summed E-state index contributed by atoms with van der Waals surface area (Å²) in [6.45, 7) is 0.584. The Kier molecular flexibility index (Phi) is 4.16. The second-order valence-corrected chi connectivity index (χ2v) is 5.61. The monoisotopic (exact) mass is 312 g/mol. The molecule has 1 amide bonds. The molecule has 22 heavy (non-hydrogen) atoms. The molecule has 0 saturated carbocycles. The third-order valence-corrected chi connectivity index (χ3v) is 4.18. The molecular weight excluding hydrogens is 296 g/mol. The highest BCUT2D eigenvalue weighted by molar-refractivity contribution is 6.38. The maximum Gasteiger partial charge on any atom is 0.269 e. The predicted molar refractivity (Wildman–Crippen MR) is 90.4 cm³/mol. The molecule has 0 radical (unpaired) electrons. The number of fused-ring (bicyclic) bond motifs is 1. The number of carbonyl (C=O) groups is 1. The van der Waals surface area contributed by atoms with E-state index in [0.717, 1.165) is 17.3 Å². The maximum atomic E-state index is 12.4. The molecule has 112 valence electrons. The molecule has 0 aliphatic carbocycles. The number of hydrogen-bond acceptors (Lipinski definition) is 1. The lowest BCUT2D eigenvalue weighted by Gasteiger charge is -2.07. The van der Waals surface area contributed by atoms with E-state index in [2.05, 4.69) is 17.4 Å². The van der Waals surface area contributed by atoms with Crippen molar-refractivity contribution >= 4 is 28.4 Å². The molecule has 3 nitrogen and oxygen atoms in total. The van der Waals surface area contributed by atoms with Crippen LogP contribution in [0.25, 0.3) is 10.9 Å². The quantitative estimate of drug-likeness (QED) is 0.781. The van der Waals surface area contributed by atoms with E-state index in [-0.39, 0.29) is 5.91 Å². The zero-order chi connectivity index (χ0) is 15.5. The number of halogens is 1. The molecule has 3 aromatic rings. The number of carbonyl (C=O) groups excluding carboxylic acids is 1. The number of aryl methyl sites for hydroxylation is 1. The molecule has 0 bridgehead atoms. The van der Waals surface area contributed by atoms with Crippen molar-refractivity contribution in [3.05, 3.63) is 70.9 Å². The molecule has 0 fully saturated rings. The van der Waals surface area contributed by atoms with Crippen molar-refractivity contribution in [3.63, 3.8) is 0 Å². The molecule has 4 heteroatoms. The van der Waals surface area contributed by atoms with Crippen LogP contribution < -0.4 is 5.32 Å². The third-order valence-electron chi connectivity index (χ3n) is 3.80. The van der Waals surface area contributed by atoms with Gasteiger partial charge in [0.05, 0.1) is 5.02 Å². The van der Waals surface area contributed by atoms with Crippen LogP contribution in [0, 0.1) is 0 Å². The Hall–Kier alpha value is -2.26. The van der Waals surface area contributed by atoms with Crippen LogP contribution in [0.2, 0.25) is 5.02 Å². The van der Waals surface area contributed by atoms with Crippen molar-refractivity contribution in [2.24, 2.45) is 7.05 Å². The first-order valence-electron chi connectivity index (χ1n) is 7.23. The van der Waals surface area contributed by atoms with Crippen LogP contribution in [-0.4, -0.2) is 17.0 Å². The third kappa shape index (κ3) is 2.72. The topological polar surface area (TPSA) is 34.0 Å². The van der Waals surface area contributed by atoms with Gasteiger partial charge in [-0.15, -0.1) is 0 Å². The van der Waals surface area contributed by atoms with Crippen LogP contribution >= 0.6 is 11.6 Å². The Balaban J connectivity index is 1.75. The molecule has 1 heterocycles. The fraction of sp³-hybridized carbons (Fsp3) is 0.167. The number of nitrogens with one attached hydrogen (secondary N) is 1. The predicted octanol–water partition coefficient (Wildman–Crippen LogP) is 3.80. The Bertz CT molecular complexity index is 770. The number of aromatic nitrogens is 1. The summed E-state index contributed by atoms with van der Waals surface area (Å²) in [7, 11) is 1.86. The second kappa shape index (κ2) is 6.24. The van der Waals surface area contributed by atoms with Crippen molar-refractivity contribution in [1.82, 2.24) is 9.88 Å². The fourth-order valence-corrected chi connectivity index (χ4v) is 3.02. The second-order valence-electron chi connectivity index (χ2n) is 5.23. The van der Waals surface area contributed by atoms with Gasteiger partial charge < -0.3 is 9.88 Å². The molecule has 0 saturated heterocycles. The van der Waals surface area contributed by atoms with Gasteiger partial charge in [-0.1, -0.05) is 60.1 Å². The summed E-state index contributed by atoms with van der Waals surface area (Å²) in [5.41, 5.74) is 2.67. The van der Waals surface area contributed by atoms with Crippen LogP contribution in [-0.2, 0) is 13.5 Å². The summed E-state index contributed by atoms with van der Waals surface area (Å²) in [6, 6.07) is 17.8. The highest BCUT2D eigenvalue weighted by atomic mass is 35.5. The van der Waals surface area contributed by atoms with Crippen molar-refractivity contribution in [1.29, 1.82) is 0 Å². The molecule has 0 aliphatic rings. The molecule has 3 rings (SSSR count). The first-order chi connectivity index (χ1) is 10.7. The number of benzene rings is 2. The van der Waals surface area contributed by atoms with Crippen molar-refractivity contribution in [2.45, 2.75) is 6.42 Å². The van der Waals surface area contributed by atoms with E-state index < -0.39 is 0 Å². The van der Waals surface area contributed by atoms with Crippen LogP contribution in [0.5, 0.6) is 0 Å². The van der Waals surface area contributed by atoms with Crippen molar-refractivity contribution in [2.75, 3.05) is 6.54 Å². The Morgan fingerprint density at radius 3 is 2.50 bits per heavy atom. The molecular formula is C18H17ClN2O. The molecule has 0 spiro atoms. The van der Waals surface area contributed by atoms with Gasteiger partial charge in [0.25, 0.3) is 5.91 Å². The van der Waals surface area contributed by atoms with Gasteiger partial charge in [-0.2, -0.15) is 0 Å². The molecule has 1 aromatic heterocycles. The van der Waals surface area contributed by atoms with Crippen molar-refractivity contribution in [3.8, 4) is 0 Å². The van der Waals surface area contributed by atoms with E-state index in [1.165, 1.54) is 5.56 Å². The SMILES string of the molecule is Cn1c(C(=O)NCCc2ccccc2)c(Cl)c2ccccc21. The van der Waals surface area contributed by atoms with Gasteiger partial charge in [0.15, 0.2) is 0 Å². The molecule has 2 aromatic carbocycles. The maximum absolute atomic E-state index is 12.4. The fourth-order valence-electron chi connectivity index (χ4n) is 2.65. The van der Waals surface area contributed by atoms with Gasteiger partial charge in [-0.25, -0.2) is 0 Å². The van der Waals surface area contributed by atoms with Gasteiger partial charge in [0, 0.05) is 24.5 Å². The summed E-state index contributed by atoms with van der Waals surface area (Å²) in [6.07, 6.45) is 0.800. The van der Waals surface area contributed by atoms with E-state index in [1.54, 1.807) is 0 Å².